The van der Waals surface area contributed by atoms with Crippen molar-refractivity contribution < 1.29 is 22.8 Å². The maximum absolute atomic E-state index is 13.3. The van der Waals surface area contributed by atoms with E-state index in [1.807, 2.05) is 6.07 Å². The zero-order valence-electron chi connectivity index (χ0n) is 20.3. The molecule has 202 valence electrons. The maximum Gasteiger partial charge on any atom is 0.416 e. The molecule has 4 heterocycles. The van der Waals surface area contributed by atoms with Gasteiger partial charge in [-0.3, -0.25) is 14.9 Å². The summed E-state index contributed by atoms with van der Waals surface area (Å²) in [7, 11) is 0. The van der Waals surface area contributed by atoms with Crippen molar-refractivity contribution in [1.82, 2.24) is 20.5 Å². The molecule has 0 spiro atoms. The van der Waals surface area contributed by atoms with E-state index in [9.17, 15) is 22.8 Å². The van der Waals surface area contributed by atoms with Crippen LogP contribution in [-0.2, 0) is 6.18 Å². The van der Waals surface area contributed by atoms with E-state index in [4.69, 9.17) is 11.6 Å². The Hall–Kier alpha value is -2.83. The van der Waals surface area contributed by atoms with Crippen molar-refractivity contribution in [1.29, 1.82) is 0 Å². The first-order valence-electron chi connectivity index (χ1n) is 12.3. The third-order valence-corrected chi connectivity index (χ3v) is 9.65. The molecule has 0 bridgehead atoms. The molecule has 0 saturated carbocycles. The summed E-state index contributed by atoms with van der Waals surface area (Å²) in [6, 6.07) is 10.4. The van der Waals surface area contributed by atoms with Crippen LogP contribution in [0.2, 0.25) is 5.02 Å². The third kappa shape index (κ3) is 4.87. The molecule has 2 aromatic carbocycles. The molecular formula is C27H22ClF3N4O2S2. The SMILES string of the molecule is O=C(c1sc2cc(-c3ccc(C(F)(F)F)cc3)ccc2c1Cl)N1CC(N[C@@]2(C(=O)c3nccs3)CCNC2)C1. The highest BCUT2D eigenvalue weighted by Gasteiger charge is 2.46. The van der Waals surface area contributed by atoms with Crippen molar-refractivity contribution in [3.63, 3.8) is 0 Å². The number of likely N-dealkylation sites (tertiary alicyclic amines) is 1. The van der Waals surface area contributed by atoms with Crippen molar-refractivity contribution in [2.24, 2.45) is 0 Å². The summed E-state index contributed by atoms with van der Waals surface area (Å²) in [5.74, 6) is -0.205. The van der Waals surface area contributed by atoms with Crippen LogP contribution in [0.1, 0.15) is 31.5 Å². The Labute approximate surface area is 234 Å². The van der Waals surface area contributed by atoms with Crippen LogP contribution in [0.4, 0.5) is 13.2 Å². The predicted octanol–water partition coefficient (Wildman–Crippen LogP) is 5.73. The summed E-state index contributed by atoms with van der Waals surface area (Å²) in [6.45, 7) is 2.14. The van der Waals surface area contributed by atoms with Crippen LogP contribution in [0, 0.1) is 0 Å². The number of Topliss-reactive ketones (excluding diaryl/α,β-unsaturated/α-hetero) is 1. The fourth-order valence-corrected chi connectivity index (χ4v) is 7.31. The molecule has 39 heavy (non-hydrogen) atoms. The number of hydrogen-bond acceptors (Lipinski definition) is 7. The van der Waals surface area contributed by atoms with E-state index >= 15 is 0 Å². The molecule has 2 aliphatic heterocycles. The Kier molecular flexibility index (Phi) is 6.75. The number of amides is 1. The van der Waals surface area contributed by atoms with Gasteiger partial charge >= 0.3 is 6.18 Å². The fourth-order valence-electron chi connectivity index (χ4n) is 5.12. The van der Waals surface area contributed by atoms with Gasteiger partial charge in [0.1, 0.15) is 4.88 Å². The standard InChI is InChI=1S/C27H22ClF3N4O2S2/c28-21-19-6-3-16(15-1-4-17(5-2-15)27(29,30)31)11-20(19)39-22(21)25(37)35-12-18(13-35)34-26(7-8-32-14-26)23(36)24-33-9-10-38-24/h1-6,9-11,18,32,34H,7-8,12-14H2/t26-/m0/s1. The molecule has 0 radical (unpaired) electrons. The number of carbonyl (C=O) groups is 2. The number of ketones is 1. The molecule has 2 aromatic heterocycles. The van der Waals surface area contributed by atoms with E-state index in [-0.39, 0.29) is 17.7 Å². The van der Waals surface area contributed by atoms with Gasteiger partial charge in [0.25, 0.3) is 5.91 Å². The van der Waals surface area contributed by atoms with Crippen molar-refractivity contribution in [2.45, 2.75) is 24.2 Å². The number of benzene rings is 2. The number of carbonyl (C=O) groups excluding carboxylic acids is 2. The summed E-state index contributed by atoms with van der Waals surface area (Å²) < 4.78 is 39.5. The van der Waals surface area contributed by atoms with Gasteiger partial charge in [-0.15, -0.1) is 22.7 Å². The first kappa shape index (κ1) is 26.4. The zero-order valence-corrected chi connectivity index (χ0v) is 22.7. The van der Waals surface area contributed by atoms with Gasteiger partial charge in [-0.1, -0.05) is 35.9 Å². The van der Waals surface area contributed by atoms with Gasteiger partial charge in [-0.25, -0.2) is 4.98 Å². The fraction of sp³-hybridized carbons (Fsp3) is 0.296. The van der Waals surface area contributed by atoms with E-state index in [0.717, 1.165) is 34.3 Å². The number of hydrogen-bond donors (Lipinski definition) is 2. The van der Waals surface area contributed by atoms with Gasteiger partial charge in [0.2, 0.25) is 5.78 Å². The lowest BCUT2D eigenvalue weighted by Crippen LogP contribution is -2.67. The van der Waals surface area contributed by atoms with Gasteiger partial charge < -0.3 is 10.2 Å². The Morgan fingerprint density at radius 3 is 2.51 bits per heavy atom. The smallest absolute Gasteiger partial charge is 0.335 e. The van der Waals surface area contributed by atoms with E-state index in [0.29, 0.717) is 46.5 Å². The molecule has 0 aliphatic carbocycles. The molecule has 1 atom stereocenters. The Bertz CT molecular complexity index is 1540. The van der Waals surface area contributed by atoms with E-state index in [1.165, 1.54) is 34.8 Å². The monoisotopic (exact) mass is 590 g/mol. The van der Waals surface area contributed by atoms with Crippen molar-refractivity contribution >= 4 is 56.1 Å². The molecule has 0 unspecified atom stereocenters. The molecule has 12 heteroatoms. The third-order valence-electron chi connectivity index (χ3n) is 7.23. The average molecular weight is 591 g/mol. The highest BCUT2D eigenvalue weighted by Crippen LogP contribution is 2.39. The van der Waals surface area contributed by atoms with Crippen LogP contribution in [0.5, 0.6) is 0 Å². The van der Waals surface area contributed by atoms with Crippen LogP contribution < -0.4 is 10.6 Å². The van der Waals surface area contributed by atoms with E-state index < -0.39 is 17.3 Å². The summed E-state index contributed by atoms with van der Waals surface area (Å²) >= 11 is 9.20. The highest BCUT2D eigenvalue weighted by atomic mass is 35.5. The molecule has 1 amide bonds. The summed E-state index contributed by atoms with van der Waals surface area (Å²) in [4.78, 5) is 32.8. The minimum Gasteiger partial charge on any atom is -0.335 e. The predicted molar refractivity (Wildman–Crippen MR) is 147 cm³/mol. The Morgan fingerprint density at radius 1 is 1.13 bits per heavy atom. The number of alkyl halides is 3. The molecule has 2 saturated heterocycles. The van der Waals surface area contributed by atoms with Gasteiger partial charge in [0.05, 0.1) is 16.1 Å². The van der Waals surface area contributed by atoms with E-state index in [2.05, 4.69) is 15.6 Å². The molecular weight excluding hydrogens is 569 g/mol. The minimum absolute atomic E-state index is 0.0244. The van der Waals surface area contributed by atoms with Crippen molar-refractivity contribution in [3.8, 4) is 11.1 Å². The van der Waals surface area contributed by atoms with Crippen molar-refractivity contribution in [3.05, 3.63) is 74.5 Å². The first-order chi connectivity index (χ1) is 18.6. The van der Waals surface area contributed by atoms with Crippen LogP contribution in [0.15, 0.2) is 54.0 Å². The number of nitrogens with zero attached hydrogens (tertiary/aromatic N) is 2. The quantitative estimate of drug-likeness (QED) is 0.281. The molecule has 2 N–H and O–H groups in total. The van der Waals surface area contributed by atoms with Crippen LogP contribution in [0.25, 0.3) is 21.2 Å². The first-order valence-corrected chi connectivity index (χ1v) is 14.3. The second-order valence-corrected chi connectivity index (χ2v) is 12.1. The van der Waals surface area contributed by atoms with Crippen LogP contribution in [-0.4, -0.2) is 59.3 Å². The molecule has 2 fully saturated rings. The number of rotatable bonds is 6. The molecule has 6 rings (SSSR count). The topological polar surface area (TPSA) is 74.3 Å². The number of thiazole rings is 1. The maximum atomic E-state index is 13.3. The number of thiophene rings is 1. The van der Waals surface area contributed by atoms with Gasteiger partial charge in [-0.05, 0) is 42.3 Å². The normalized spacial score (nSPS) is 19.9. The average Bonchev–Trinajstić information content (AvgIpc) is 3.66. The minimum atomic E-state index is -4.39. The molecule has 2 aliphatic rings. The van der Waals surface area contributed by atoms with Crippen molar-refractivity contribution in [2.75, 3.05) is 26.2 Å². The van der Waals surface area contributed by atoms with Crippen LogP contribution >= 0.6 is 34.3 Å². The lowest BCUT2D eigenvalue weighted by atomic mass is 9.90. The van der Waals surface area contributed by atoms with Gasteiger partial charge in [-0.2, -0.15) is 13.2 Å². The summed E-state index contributed by atoms with van der Waals surface area (Å²) in [6.07, 6.45) is -2.12. The van der Waals surface area contributed by atoms with E-state index in [1.54, 1.807) is 28.6 Å². The highest BCUT2D eigenvalue weighted by molar-refractivity contribution is 7.21. The molecule has 6 nitrogen and oxygen atoms in total. The van der Waals surface area contributed by atoms with Gasteiger partial charge in [0, 0.05) is 47.3 Å². The lowest BCUT2D eigenvalue weighted by Gasteiger charge is -2.43. The van der Waals surface area contributed by atoms with Crippen LogP contribution in [0.3, 0.4) is 0 Å². The number of nitrogens with one attached hydrogen (secondary N) is 2. The lowest BCUT2D eigenvalue weighted by molar-refractivity contribution is -0.137. The molecule has 4 aromatic rings. The second kappa shape index (κ2) is 9.97. The number of aromatic nitrogens is 1. The number of fused-ring (bicyclic) bond motifs is 1. The summed E-state index contributed by atoms with van der Waals surface area (Å²) in [5.41, 5.74) is -0.0607. The summed E-state index contributed by atoms with van der Waals surface area (Å²) in [5, 5.41) is 10.1. The number of halogens is 4. The largest absolute Gasteiger partial charge is 0.416 e. The zero-order chi connectivity index (χ0) is 27.4. The second-order valence-electron chi connectivity index (χ2n) is 9.76. The Morgan fingerprint density at radius 2 is 1.87 bits per heavy atom. The van der Waals surface area contributed by atoms with Gasteiger partial charge in [0.15, 0.2) is 5.01 Å². The Balaban J connectivity index is 1.16.